The molecule has 16 heavy (non-hydrogen) atoms. The van der Waals surface area contributed by atoms with E-state index in [1.165, 1.54) is 0 Å². The molecule has 1 rings (SSSR count). The number of morpholine rings is 1. The van der Waals surface area contributed by atoms with Gasteiger partial charge in [-0.05, 0) is 27.7 Å². The molecule has 0 aromatic heterocycles. The summed E-state index contributed by atoms with van der Waals surface area (Å²) in [6, 6.07) is 0. The van der Waals surface area contributed by atoms with Gasteiger partial charge in [0.05, 0.1) is 11.2 Å². The molecule has 1 aliphatic heterocycles. The second-order valence-corrected chi connectivity index (χ2v) is 5.69. The third-order valence-corrected chi connectivity index (χ3v) is 2.69. The first kappa shape index (κ1) is 13.9. The lowest BCUT2D eigenvalue weighted by Gasteiger charge is -2.47. The molecule has 0 unspecified atom stereocenters. The Balaban J connectivity index is 2.60. The normalized spacial score (nSPS) is 24.9. The lowest BCUT2D eigenvalue weighted by molar-refractivity contribution is -0.197. The number of nitrogens with zero attached hydrogens (tertiary/aromatic N) is 1. The molecular weight excluding hydrogens is 206 g/mol. The Morgan fingerprint density at radius 3 is 1.88 bits per heavy atom. The van der Waals surface area contributed by atoms with Gasteiger partial charge in [-0.15, -0.1) is 0 Å². The van der Waals surface area contributed by atoms with Crippen LogP contribution in [0.3, 0.4) is 0 Å². The van der Waals surface area contributed by atoms with Crippen molar-refractivity contribution in [2.75, 3.05) is 33.9 Å². The third-order valence-electron chi connectivity index (χ3n) is 2.69. The van der Waals surface area contributed by atoms with Crippen LogP contribution in [-0.4, -0.2) is 56.2 Å². The van der Waals surface area contributed by atoms with Gasteiger partial charge in [0.25, 0.3) is 0 Å². The summed E-state index contributed by atoms with van der Waals surface area (Å²) < 4.78 is 16.5. The molecular formula is C12H25NO3. The van der Waals surface area contributed by atoms with Gasteiger partial charge in [-0.3, -0.25) is 4.90 Å². The molecule has 0 N–H and O–H groups in total. The summed E-state index contributed by atoms with van der Waals surface area (Å²) in [4.78, 5) is 2.33. The molecule has 4 nitrogen and oxygen atoms in total. The molecule has 4 heteroatoms. The number of hydrogen-bond donors (Lipinski definition) is 0. The molecule has 1 heterocycles. The molecule has 96 valence electrons. The average Bonchev–Trinajstić information content (AvgIpc) is 2.09. The van der Waals surface area contributed by atoms with Crippen molar-refractivity contribution in [1.29, 1.82) is 0 Å². The fourth-order valence-electron chi connectivity index (χ4n) is 2.53. The van der Waals surface area contributed by atoms with Crippen molar-refractivity contribution in [3.05, 3.63) is 0 Å². The van der Waals surface area contributed by atoms with Gasteiger partial charge in [0.1, 0.15) is 0 Å². The zero-order valence-corrected chi connectivity index (χ0v) is 11.4. The predicted octanol–water partition coefficient (Wildman–Crippen LogP) is 1.49. The van der Waals surface area contributed by atoms with E-state index in [1.807, 2.05) is 0 Å². The van der Waals surface area contributed by atoms with Crippen LogP contribution in [0.1, 0.15) is 27.7 Å². The molecule has 0 aromatic carbocycles. The second kappa shape index (κ2) is 5.00. The highest BCUT2D eigenvalue weighted by Crippen LogP contribution is 2.28. The van der Waals surface area contributed by atoms with Crippen molar-refractivity contribution in [3.8, 4) is 0 Å². The Morgan fingerprint density at radius 1 is 1.06 bits per heavy atom. The van der Waals surface area contributed by atoms with Crippen molar-refractivity contribution in [3.63, 3.8) is 0 Å². The number of hydrogen-bond acceptors (Lipinski definition) is 4. The van der Waals surface area contributed by atoms with E-state index in [0.717, 1.165) is 19.6 Å². The van der Waals surface area contributed by atoms with Crippen LogP contribution < -0.4 is 0 Å². The molecule has 0 aromatic rings. The highest BCUT2D eigenvalue weighted by atomic mass is 16.7. The van der Waals surface area contributed by atoms with Crippen LogP contribution >= 0.6 is 0 Å². The van der Waals surface area contributed by atoms with E-state index in [1.54, 1.807) is 14.2 Å². The zero-order chi connectivity index (χ0) is 12.4. The van der Waals surface area contributed by atoms with Gasteiger partial charge in [0, 0.05) is 33.9 Å². The van der Waals surface area contributed by atoms with Crippen LogP contribution in [-0.2, 0) is 14.2 Å². The largest absolute Gasteiger partial charge is 0.367 e. The summed E-state index contributed by atoms with van der Waals surface area (Å²) in [6.07, 6.45) is -0.162. The molecule has 0 aliphatic carbocycles. The first-order valence-corrected chi connectivity index (χ1v) is 5.76. The van der Waals surface area contributed by atoms with Gasteiger partial charge in [-0.1, -0.05) is 0 Å². The van der Waals surface area contributed by atoms with Gasteiger partial charge in [-0.2, -0.15) is 0 Å². The Kier molecular flexibility index (Phi) is 4.35. The number of methoxy groups -OCH3 is 2. The summed E-state index contributed by atoms with van der Waals surface area (Å²) in [6.45, 7) is 11.1. The van der Waals surface area contributed by atoms with Crippen molar-refractivity contribution >= 4 is 0 Å². The fraction of sp³-hybridized carbons (Fsp3) is 1.00. The maximum Gasteiger partial charge on any atom is 0.169 e. The smallest absolute Gasteiger partial charge is 0.169 e. The van der Waals surface area contributed by atoms with Crippen LogP contribution in [0, 0.1) is 0 Å². The SMILES string of the molecule is COC(CN1CC(C)(C)OC(C)(C)C1)OC. The molecule has 0 amide bonds. The zero-order valence-electron chi connectivity index (χ0n) is 11.4. The van der Waals surface area contributed by atoms with E-state index < -0.39 is 0 Å². The van der Waals surface area contributed by atoms with Gasteiger partial charge in [-0.25, -0.2) is 0 Å². The lowest BCUT2D eigenvalue weighted by Crippen LogP contribution is -2.58. The number of ether oxygens (including phenoxy) is 3. The first-order valence-electron chi connectivity index (χ1n) is 5.76. The minimum absolute atomic E-state index is 0.117. The Bertz CT molecular complexity index is 208. The quantitative estimate of drug-likeness (QED) is 0.686. The Hall–Kier alpha value is -0.160. The van der Waals surface area contributed by atoms with Gasteiger partial charge >= 0.3 is 0 Å². The van der Waals surface area contributed by atoms with Crippen molar-refractivity contribution in [2.45, 2.75) is 45.2 Å². The van der Waals surface area contributed by atoms with Crippen molar-refractivity contribution in [2.24, 2.45) is 0 Å². The Morgan fingerprint density at radius 2 is 1.50 bits per heavy atom. The van der Waals surface area contributed by atoms with E-state index in [-0.39, 0.29) is 17.5 Å². The van der Waals surface area contributed by atoms with Crippen LogP contribution in [0.4, 0.5) is 0 Å². The molecule has 0 atom stereocenters. The van der Waals surface area contributed by atoms with E-state index in [0.29, 0.717) is 0 Å². The van der Waals surface area contributed by atoms with Crippen molar-refractivity contribution in [1.82, 2.24) is 4.90 Å². The Labute approximate surface area is 98.8 Å². The summed E-state index contributed by atoms with van der Waals surface area (Å²) in [7, 11) is 3.34. The molecule has 1 saturated heterocycles. The van der Waals surface area contributed by atoms with Gasteiger partial charge in [0.15, 0.2) is 6.29 Å². The van der Waals surface area contributed by atoms with E-state index in [4.69, 9.17) is 14.2 Å². The van der Waals surface area contributed by atoms with Crippen LogP contribution in [0.15, 0.2) is 0 Å². The molecule has 0 radical (unpaired) electrons. The monoisotopic (exact) mass is 231 g/mol. The van der Waals surface area contributed by atoms with Crippen LogP contribution in [0.5, 0.6) is 0 Å². The minimum atomic E-state index is -0.162. The van der Waals surface area contributed by atoms with Crippen LogP contribution in [0.25, 0.3) is 0 Å². The maximum atomic E-state index is 6.02. The second-order valence-electron chi connectivity index (χ2n) is 5.69. The topological polar surface area (TPSA) is 30.9 Å². The predicted molar refractivity (Wildman–Crippen MR) is 63.5 cm³/mol. The summed E-state index contributed by atoms with van der Waals surface area (Å²) in [5, 5.41) is 0. The summed E-state index contributed by atoms with van der Waals surface area (Å²) >= 11 is 0. The first-order chi connectivity index (χ1) is 7.28. The van der Waals surface area contributed by atoms with E-state index in [9.17, 15) is 0 Å². The van der Waals surface area contributed by atoms with Crippen LogP contribution in [0.2, 0.25) is 0 Å². The van der Waals surface area contributed by atoms with Gasteiger partial charge in [0.2, 0.25) is 0 Å². The maximum absolute atomic E-state index is 6.02. The highest BCUT2D eigenvalue weighted by molar-refractivity contribution is 4.89. The molecule has 1 aliphatic rings. The molecule has 0 saturated carbocycles. The van der Waals surface area contributed by atoms with Crippen molar-refractivity contribution < 1.29 is 14.2 Å². The molecule has 1 fully saturated rings. The summed E-state index contributed by atoms with van der Waals surface area (Å²) in [5.74, 6) is 0. The van der Waals surface area contributed by atoms with E-state index >= 15 is 0 Å². The molecule has 0 bridgehead atoms. The third kappa shape index (κ3) is 4.01. The summed E-state index contributed by atoms with van der Waals surface area (Å²) in [5.41, 5.74) is -0.235. The highest BCUT2D eigenvalue weighted by Gasteiger charge is 2.38. The minimum Gasteiger partial charge on any atom is -0.367 e. The number of rotatable bonds is 4. The molecule has 0 spiro atoms. The van der Waals surface area contributed by atoms with Gasteiger partial charge < -0.3 is 14.2 Å². The fourth-order valence-corrected chi connectivity index (χ4v) is 2.53. The van der Waals surface area contributed by atoms with E-state index in [2.05, 4.69) is 32.6 Å². The average molecular weight is 231 g/mol. The standard InChI is InChI=1S/C12H25NO3/c1-11(2)8-13(7-10(14-5)15-6)9-12(3,4)16-11/h10H,7-9H2,1-6H3. The lowest BCUT2D eigenvalue weighted by atomic mass is 9.99.